The smallest absolute Gasteiger partial charge is 0.0897 e. The van der Waals surface area contributed by atoms with E-state index in [4.69, 9.17) is 0 Å². The third-order valence-electron chi connectivity index (χ3n) is 2.76. The maximum atomic E-state index is 4.48. The van der Waals surface area contributed by atoms with Crippen molar-refractivity contribution in [2.24, 2.45) is 7.05 Å². The topological polar surface area (TPSA) is 42.7 Å². The summed E-state index contributed by atoms with van der Waals surface area (Å²) < 4.78 is 3.06. The van der Waals surface area contributed by atoms with Crippen molar-refractivity contribution >= 4 is 27.3 Å². The van der Waals surface area contributed by atoms with Gasteiger partial charge < -0.3 is 5.32 Å². The van der Waals surface area contributed by atoms with Crippen LogP contribution >= 0.6 is 27.3 Å². The summed E-state index contributed by atoms with van der Waals surface area (Å²) in [5.74, 6) is 0. The van der Waals surface area contributed by atoms with Gasteiger partial charge in [0, 0.05) is 31.2 Å². The Morgan fingerprint density at radius 1 is 1.44 bits per heavy atom. The fraction of sp³-hybridized carbons (Fsp3) is 0.500. The summed E-state index contributed by atoms with van der Waals surface area (Å²) in [7, 11) is 1.98. The van der Waals surface area contributed by atoms with Crippen LogP contribution in [0.5, 0.6) is 0 Å². The van der Waals surface area contributed by atoms with Crippen LogP contribution in [-0.2, 0) is 26.6 Å². The van der Waals surface area contributed by atoms with Crippen LogP contribution in [0.3, 0.4) is 0 Å². The van der Waals surface area contributed by atoms with E-state index in [1.54, 1.807) is 11.3 Å². The molecule has 2 aromatic heterocycles. The fourth-order valence-electron chi connectivity index (χ4n) is 1.80. The second-order valence-corrected chi connectivity index (χ2v) is 6.25. The van der Waals surface area contributed by atoms with Gasteiger partial charge in [-0.15, -0.1) is 11.3 Å². The van der Waals surface area contributed by atoms with Crippen molar-refractivity contribution in [3.05, 3.63) is 31.9 Å². The number of nitrogens with zero attached hydrogens (tertiary/aromatic N) is 3. The van der Waals surface area contributed by atoms with Crippen LogP contribution in [0.15, 0.2) is 10.7 Å². The van der Waals surface area contributed by atoms with Crippen molar-refractivity contribution in [2.45, 2.75) is 33.4 Å². The second kappa shape index (κ2) is 5.95. The lowest BCUT2D eigenvalue weighted by atomic mass is 10.3. The van der Waals surface area contributed by atoms with Crippen LogP contribution in [0, 0.1) is 6.92 Å². The summed E-state index contributed by atoms with van der Waals surface area (Å²) >= 11 is 5.35. The maximum Gasteiger partial charge on any atom is 0.0897 e. The lowest BCUT2D eigenvalue weighted by Gasteiger charge is -2.04. The Kier molecular flexibility index (Phi) is 4.53. The minimum Gasteiger partial charge on any atom is -0.306 e. The van der Waals surface area contributed by atoms with Crippen molar-refractivity contribution in [2.75, 3.05) is 0 Å². The summed E-state index contributed by atoms with van der Waals surface area (Å²) in [5.41, 5.74) is 2.30. The fourth-order valence-corrected chi connectivity index (χ4v) is 3.32. The summed E-state index contributed by atoms with van der Waals surface area (Å²) in [6.45, 7) is 5.80. The van der Waals surface area contributed by atoms with E-state index in [1.165, 1.54) is 10.6 Å². The molecule has 0 fully saturated rings. The number of hydrogen-bond acceptors (Lipinski definition) is 4. The van der Waals surface area contributed by atoms with Crippen LogP contribution in [0.25, 0.3) is 0 Å². The number of nitrogens with one attached hydrogen (secondary N) is 1. The first-order valence-electron chi connectivity index (χ1n) is 5.94. The summed E-state index contributed by atoms with van der Waals surface area (Å²) in [4.78, 5) is 5.51. The number of hydrogen-bond donors (Lipinski definition) is 1. The number of thiazole rings is 1. The lowest BCUT2D eigenvalue weighted by molar-refractivity contribution is 0.625. The van der Waals surface area contributed by atoms with Crippen LogP contribution in [-0.4, -0.2) is 14.8 Å². The van der Waals surface area contributed by atoms with Gasteiger partial charge in [0.1, 0.15) is 0 Å². The van der Waals surface area contributed by atoms with E-state index in [0.29, 0.717) is 0 Å². The second-order valence-electron chi connectivity index (χ2n) is 4.13. The van der Waals surface area contributed by atoms with Gasteiger partial charge in [-0.25, -0.2) is 4.98 Å². The predicted molar refractivity (Wildman–Crippen MR) is 77.7 cm³/mol. The third kappa shape index (κ3) is 2.99. The van der Waals surface area contributed by atoms with Crippen LogP contribution in [0.2, 0.25) is 0 Å². The molecule has 0 saturated carbocycles. The molecule has 18 heavy (non-hydrogen) atoms. The van der Waals surface area contributed by atoms with Gasteiger partial charge >= 0.3 is 0 Å². The molecule has 0 aliphatic carbocycles. The Hall–Kier alpha value is -0.720. The van der Waals surface area contributed by atoms with Crippen LogP contribution in [0.1, 0.15) is 28.2 Å². The molecule has 0 aromatic carbocycles. The van der Waals surface area contributed by atoms with E-state index in [2.05, 4.69) is 38.3 Å². The lowest BCUT2D eigenvalue weighted by Crippen LogP contribution is -2.15. The number of rotatable bonds is 5. The highest BCUT2D eigenvalue weighted by molar-refractivity contribution is 9.10. The van der Waals surface area contributed by atoms with Crippen molar-refractivity contribution in [3.8, 4) is 0 Å². The molecule has 0 aliphatic heterocycles. The Balaban J connectivity index is 1.96. The molecular formula is C12H17BrN4S. The molecular weight excluding hydrogens is 312 g/mol. The molecule has 0 amide bonds. The number of aryl methyl sites for hydroxylation is 3. The molecule has 0 bridgehead atoms. The van der Waals surface area contributed by atoms with Crippen molar-refractivity contribution < 1.29 is 0 Å². The minimum absolute atomic E-state index is 0.807. The minimum atomic E-state index is 0.807. The average molecular weight is 329 g/mol. The van der Waals surface area contributed by atoms with E-state index >= 15 is 0 Å². The zero-order chi connectivity index (χ0) is 13.1. The maximum absolute atomic E-state index is 4.48. The number of halogens is 1. The van der Waals surface area contributed by atoms with Crippen molar-refractivity contribution in [1.82, 2.24) is 20.1 Å². The quantitative estimate of drug-likeness (QED) is 0.917. The first-order chi connectivity index (χ1) is 8.61. The van der Waals surface area contributed by atoms with Gasteiger partial charge in [-0.3, -0.25) is 4.68 Å². The van der Waals surface area contributed by atoms with E-state index in [1.807, 2.05) is 24.9 Å². The molecule has 0 spiro atoms. The van der Waals surface area contributed by atoms with Crippen LogP contribution in [0.4, 0.5) is 0 Å². The summed E-state index contributed by atoms with van der Waals surface area (Å²) in [6.07, 6.45) is 2.88. The highest BCUT2D eigenvalue weighted by Gasteiger charge is 2.11. The molecule has 1 N–H and O–H groups in total. The molecule has 0 saturated heterocycles. The Bertz CT molecular complexity index is 532. The monoisotopic (exact) mass is 328 g/mol. The van der Waals surface area contributed by atoms with Crippen molar-refractivity contribution in [3.63, 3.8) is 0 Å². The zero-order valence-corrected chi connectivity index (χ0v) is 13.2. The molecule has 2 aromatic rings. The normalized spacial score (nSPS) is 11.1. The molecule has 4 nitrogen and oxygen atoms in total. The van der Waals surface area contributed by atoms with Crippen molar-refractivity contribution in [1.29, 1.82) is 0 Å². The molecule has 0 atom stereocenters. The van der Waals surface area contributed by atoms with Gasteiger partial charge in [0.2, 0.25) is 0 Å². The van der Waals surface area contributed by atoms with E-state index in [-0.39, 0.29) is 0 Å². The Morgan fingerprint density at radius 3 is 2.78 bits per heavy atom. The van der Waals surface area contributed by atoms with Gasteiger partial charge in [0.15, 0.2) is 0 Å². The SMILES string of the molecule is CCc1nn(C)c(CNCc2cnc(C)s2)c1Br. The predicted octanol–water partition coefficient (Wildman–Crippen LogP) is 2.80. The van der Waals surface area contributed by atoms with Gasteiger partial charge in [0.25, 0.3) is 0 Å². The van der Waals surface area contributed by atoms with Gasteiger partial charge in [-0.2, -0.15) is 5.10 Å². The largest absolute Gasteiger partial charge is 0.306 e. The standard InChI is InChI=1S/C12H17BrN4S/c1-4-10-12(13)11(17(3)16-10)7-14-5-9-6-15-8(2)18-9/h6,14H,4-5,7H2,1-3H3. The number of aromatic nitrogens is 3. The molecule has 2 rings (SSSR count). The highest BCUT2D eigenvalue weighted by atomic mass is 79.9. The molecule has 98 valence electrons. The third-order valence-corrected chi connectivity index (χ3v) is 4.59. The molecule has 0 unspecified atom stereocenters. The highest BCUT2D eigenvalue weighted by Crippen LogP contribution is 2.21. The van der Waals surface area contributed by atoms with E-state index in [9.17, 15) is 0 Å². The summed E-state index contributed by atoms with van der Waals surface area (Å²) in [6, 6.07) is 0. The molecule has 0 radical (unpaired) electrons. The average Bonchev–Trinajstić information content (AvgIpc) is 2.86. The van der Waals surface area contributed by atoms with E-state index < -0.39 is 0 Å². The molecule has 0 aliphatic rings. The van der Waals surface area contributed by atoms with Gasteiger partial charge in [-0.1, -0.05) is 6.92 Å². The first-order valence-corrected chi connectivity index (χ1v) is 7.55. The molecule has 6 heteroatoms. The van der Waals surface area contributed by atoms with E-state index in [0.717, 1.165) is 34.7 Å². The zero-order valence-electron chi connectivity index (χ0n) is 10.8. The Labute approximate surface area is 120 Å². The molecule has 2 heterocycles. The van der Waals surface area contributed by atoms with Gasteiger partial charge in [-0.05, 0) is 29.3 Å². The Morgan fingerprint density at radius 2 is 2.22 bits per heavy atom. The first kappa shape index (κ1) is 13.7. The van der Waals surface area contributed by atoms with Gasteiger partial charge in [0.05, 0.1) is 20.9 Å². The van der Waals surface area contributed by atoms with Crippen LogP contribution < -0.4 is 5.32 Å². The summed E-state index contributed by atoms with van der Waals surface area (Å²) in [5, 5.41) is 9.02.